The van der Waals surface area contributed by atoms with E-state index in [2.05, 4.69) is 5.32 Å². The molecule has 1 amide bonds. The third kappa shape index (κ3) is 3.62. The number of nitrogens with zero attached hydrogens (tertiary/aromatic N) is 2. The monoisotopic (exact) mass is 343 g/mol. The largest absolute Gasteiger partial charge is 0.322 e. The minimum atomic E-state index is -3.59. The van der Waals surface area contributed by atoms with Gasteiger partial charge in [-0.3, -0.25) is 4.79 Å². The Morgan fingerprint density at radius 1 is 1.12 bits per heavy atom. The van der Waals surface area contributed by atoms with Gasteiger partial charge >= 0.3 is 0 Å². The van der Waals surface area contributed by atoms with Gasteiger partial charge in [-0.25, -0.2) is 12.7 Å². The van der Waals surface area contributed by atoms with Crippen molar-refractivity contribution >= 4 is 21.6 Å². The van der Waals surface area contributed by atoms with Crippen LogP contribution in [0.25, 0.3) is 0 Å². The number of carbonyl (C=O) groups excluding carboxylic acids is 1. The van der Waals surface area contributed by atoms with Crippen LogP contribution in [-0.4, -0.2) is 32.7 Å². The number of sulfonamides is 1. The van der Waals surface area contributed by atoms with Crippen LogP contribution >= 0.6 is 0 Å². The first-order valence-corrected chi connectivity index (χ1v) is 8.54. The second-order valence-electron chi connectivity index (χ2n) is 5.41. The fourth-order valence-corrected chi connectivity index (χ4v) is 3.20. The molecule has 0 unspecified atom stereocenters. The number of amides is 1. The van der Waals surface area contributed by atoms with Crippen LogP contribution in [0.4, 0.5) is 5.69 Å². The fraction of sp³-hybridized carbons (Fsp3) is 0.176. The maximum Gasteiger partial charge on any atom is 0.255 e. The Bertz CT molecular complexity index is 911. The minimum absolute atomic E-state index is 0.144. The van der Waals surface area contributed by atoms with E-state index in [1.54, 1.807) is 43.3 Å². The molecule has 0 fully saturated rings. The van der Waals surface area contributed by atoms with E-state index in [1.165, 1.54) is 20.2 Å². The molecule has 2 aromatic rings. The lowest BCUT2D eigenvalue weighted by atomic mass is 10.1. The number of aryl methyl sites for hydroxylation is 1. The van der Waals surface area contributed by atoms with Crippen LogP contribution in [0.15, 0.2) is 47.4 Å². The summed E-state index contributed by atoms with van der Waals surface area (Å²) in [6.45, 7) is 1.70. The molecule has 2 rings (SSSR count). The minimum Gasteiger partial charge on any atom is -0.322 e. The molecule has 124 valence electrons. The number of benzene rings is 2. The van der Waals surface area contributed by atoms with Crippen LogP contribution < -0.4 is 5.32 Å². The van der Waals surface area contributed by atoms with Gasteiger partial charge in [0.1, 0.15) is 0 Å². The maximum atomic E-state index is 12.3. The van der Waals surface area contributed by atoms with Crippen molar-refractivity contribution in [2.75, 3.05) is 19.4 Å². The quantitative estimate of drug-likeness (QED) is 0.923. The van der Waals surface area contributed by atoms with Crippen molar-refractivity contribution in [2.45, 2.75) is 11.8 Å². The summed E-state index contributed by atoms with van der Waals surface area (Å²) >= 11 is 0. The highest BCUT2D eigenvalue weighted by Crippen LogP contribution is 2.22. The van der Waals surface area contributed by atoms with Crippen LogP contribution in [0.5, 0.6) is 0 Å². The van der Waals surface area contributed by atoms with Crippen LogP contribution in [0.2, 0.25) is 0 Å². The van der Waals surface area contributed by atoms with Crippen molar-refractivity contribution in [3.8, 4) is 6.07 Å². The van der Waals surface area contributed by atoms with Gasteiger partial charge in [-0.05, 0) is 48.9 Å². The average Bonchev–Trinajstić information content (AvgIpc) is 2.56. The van der Waals surface area contributed by atoms with E-state index in [1.807, 2.05) is 6.07 Å². The van der Waals surface area contributed by atoms with E-state index in [-0.39, 0.29) is 10.8 Å². The van der Waals surface area contributed by atoms with Gasteiger partial charge in [0, 0.05) is 25.3 Å². The Balaban J connectivity index is 2.30. The average molecular weight is 343 g/mol. The van der Waals surface area contributed by atoms with Crippen molar-refractivity contribution in [1.29, 1.82) is 5.26 Å². The van der Waals surface area contributed by atoms with E-state index in [0.29, 0.717) is 22.4 Å². The lowest BCUT2D eigenvalue weighted by molar-refractivity contribution is 0.102. The summed E-state index contributed by atoms with van der Waals surface area (Å²) in [4.78, 5) is 12.4. The fourth-order valence-electron chi connectivity index (χ4n) is 2.05. The zero-order chi connectivity index (χ0) is 17.9. The molecule has 0 bridgehead atoms. The van der Waals surface area contributed by atoms with Gasteiger partial charge in [0.15, 0.2) is 0 Å². The van der Waals surface area contributed by atoms with Gasteiger partial charge in [-0.2, -0.15) is 5.26 Å². The molecule has 0 aliphatic rings. The first kappa shape index (κ1) is 17.7. The van der Waals surface area contributed by atoms with E-state index in [4.69, 9.17) is 5.26 Å². The van der Waals surface area contributed by atoms with Gasteiger partial charge < -0.3 is 5.32 Å². The molecule has 0 aliphatic heterocycles. The van der Waals surface area contributed by atoms with Crippen LogP contribution in [0.1, 0.15) is 21.5 Å². The number of rotatable bonds is 4. The number of nitrogens with one attached hydrogen (secondary N) is 1. The highest BCUT2D eigenvalue weighted by atomic mass is 32.2. The standard InChI is InChI=1S/C17H17N3O3S/c1-12-4-9-15(10-16(12)24(22,23)20(2)3)19-17(21)14-7-5-13(11-18)6-8-14/h4-10H,1-3H3,(H,19,21). The predicted octanol–water partition coefficient (Wildman–Crippen LogP) is 2.37. The summed E-state index contributed by atoms with van der Waals surface area (Å²) in [6.07, 6.45) is 0. The Labute approximate surface area is 141 Å². The number of hydrogen-bond donors (Lipinski definition) is 1. The summed E-state index contributed by atoms with van der Waals surface area (Å²) in [6, 6.07) is 12.9. The molecule has 7 heteroatoms. The van der Waals surface area contributed by atoms with E-state index < -0.39 is 10.0 Å². The van der Waals surface area contributed by atoms with E-state index in [0.717, 1.165) is 4.31 Å². The Morgan fingerprint density at radius 2 is 1.75 bits per heavy atom. The van der Waals surface area contributed by atoms with Gasteiger partial charge in [-0.1, -0.05) is 6.07 Å². The molecule has 1 N–H and O–H groups in total. The molecule has 0 aliphatic carbocycles. The molecule has 0 saturated heterocycles. The van der Waals surface area contributed by atoms with E-state index >= 15 is 0 Å². The second-order valence-corrected chi connectivity index (χ2v) is 7.53. The lowest BCUT2D eigenvalue weighted by Crippen LogP contribution is -2.23. The van der Waals surface area contributed by atoms with Gasteiger partial charge in [-0.15, -0.1) is 0 Å². The summed E-state index contributed by atoms with van der Waals surface area (Å²) < 4.78 is 25.8. The van der Waals surface area contributed by atoms with Crippen molar-refractivity contribution in [2.24, 2.45) is 0 Å². The molecule has 0 radical (unpaired) electrons. The summed E-state index contributed by atoms with van der Waals surface area (Å²) in [5.41, 5.74) is 1.82. The number of hydrogen-bond acceptors (Lipinski definition) is 4. The van der Waals surface area contributed by atoms with E-state index in [9.17, 15) is 13.2 Å². The van der Waals surface area contributed by atoms with Crippen molar-refractivity contribution < 1.29 is 13.2 Å². The molecule has 2 aromatic carbocycles. The van der Waals surface area contributed by atoms with Gasteiger partial charge in [0.25, 0.3) is 5.91 Å². The molecule has 24 heavy (non-hydrogen) atoms. The number of anilines is 1. The molecule has 6 nitrogen and oxygen atoms in total. The SMILES string of the molecule is Cc1ccc(NC(=O)c2ccc(C#N)cc2)cc1S(=O)(=O)N(C)C. The topological polar surface area (TPSA) is 90.3 Å². The van der Waals surface area contributed by atoms with Crippen molar-refractivity contribution in [3.63, 3.8) is 0 Å². The normalized spacial score (nSPS) is 11.1. The molecule has 0 saturated carbocycles. The highest BCUT2D eigenvalue weighted by Gasteiger charge is 2.20. The number of carbonyl (C=O) groups is 1. The zero-order valence-electron chi connectivity index (χ0n) is 13.6. The highest BCUT2D eigenvalue weighted by molar-refractivity contribution is 7.89. The van der Waals surface area contributed by atoms with Crippen LogP contribution in [0, 0.1) is 18.3 Å². The third-order valence-corrected chi connectivity index (χ3v) is 5.44. The molecule has 0 spiro atoms. The molecular formula is C17H17N3O3S. The van der Waals surface area contributed by atoms with Crippen LogP contribution in [0.3, 0.4) is 0 Å². The summed E-state index contributed by atoms with van der Waals surface area (Å²) in [5, 5.41) is 11.4. The smallest absolute Gasteiger partial charge is 0.255 e. The lowest BCUT2D eigenvalue weighted by Gasteiger charge is -2.15. The molecule has 0 heterocycles. The van der Waals surface area contributed by atoms with Crippen LogP contribution in [-0.2, 0) is 10.0 Å². The third-order valence-electron chi connectivity index (χ3n) is 3.48. The zero-order valence-corrected chi connectivity index (χ0v) is 14.4. The Kier molecular flexibility index (Phi) is 5.02. The van der Waals surface area contributed by atoms with Gasteiger partial charge in [0.05, 0.1) is 16.5 Å². The maximum absolute atomic E-state index is 12.3. The summed E-state index contributed by atoms with van der Waals surface area (Å²) in [5.74, 6) is -0.378. The van der Waals surface area contributed by atoms with Crippen molar-refractivity contribution in [1.82, 2.24) is 4.31 Å². The molecular weight excluding hydrogens is 326 g/mol. The predicted molar refractivity (Wildman–Crippen MR) is 91.2 cm³/mol. The van der Waals surface area contributed by atoms with Gasteiger partial charge in [0.2, 0.25) is 10.0 Å². The van der Waals surface area contributed by atoms with Crippen molar-refractivity contribution in [3.05, 3.63) is 59.2 Å². The first-order valence-electron chi connectivity index (χ1n) is 7.10. The number of nitriles is 1. The molecule has 0 atom stereocenters. The Hall–Kier alpha value is -2.69. The molecule has 0 aromatic heterocycles. The summed E-state index contributed by atoms with van der Waals surface area (Å²) in [7, 11) is -0.683. The Morgan fingerprint density at radius 3 is 2.29 bits per heavy atom. The second kappa shape index (κ2) is 6.83. The first-order chi connectivity index (χ1) is 11.3.